The average Bonchev–Trinajstić information content (AvgIpc) is 2.90. The Bertz CT molecular complexity index is 367. The van der Waals surface area contributed by atoms with Crippen LogP contribution in [0.3, 0.4) is 0 Å². The normalized spacial score (nSPS) is 12.1. The predicted octanol–water partition coefficient (Wildman–Crippen LogP) is 2.19. The van der Waals surface area contributed by atoms with Gasteiger partial charge in [0.05, 0.1) is 12.6 Å². The summed E-state index contributed by atoms with van der Waals surface area (Å²) < 4.78 is 0. The fourth-order valence-electron chi connectivity index (χ4n) is 1.95. The molecule has 0 aliphatic heterocycles. The van der Waals surface area contributed by atoms with E-state index >= 15 is 0 Å². The van der Waals surface area contributed by atoms with Crippen LogP contribution < -0.4 is 5.73 Å². The Kier molecular flexibility index (Phi) is 9.84. The van der Waals surface area contributed by atoms with Gasteiger partial charge in [-0.1, -0.05) is 19.9 Å². The van der Waals surface area contributed by atoms with Crippen LogP contribution in [0.25, 0.3) is 0 Å². The van der Waals surface area contributed by atoms with Crippen molar-refractivity contribution >= 4 is 29.7 Å². The number of amides is 1. The van der Waals surface area contributed by atoms with Gasteiger partial charge in [-0.2, -0.15) is 0 Å². The fourth-order valence-corrected chi connectivity index (χ4v) is 2.67. The van der Waals surface area contributed by atoms with Crippen LogP contribution >= 0.6 is 23.7 Å². The van der Waals surface area contributed by atoms with Gasteiger partial charge in [0.2, 0.25) is 5.91 Å². The topological polar surface area (TPSA) is 49.6 Å². The van der Waals surface area contributed by atoms with Crippen molar-refractivity contribution in [2.45, 2.75) is 33.4 Å². The number of halogens is 1. The lowest BCUT2D eigenvalue weighted by molar-refractivity contribution is -0.133. The highest BCUT2D eigenvalue weighted by molar-refractivity contribution is 7.09. The summed E-state index contributed by atoms with van der Waals surface area (Å²) in [6, 6.07) is 3.64. The van der Waals surface area contributed by atoms with Crippen LogP contribution in [0.1, 0.15) is 25.6 Å². The smallest absolute Gasteiger partial charge is 0.239 e. The van der Waals surface area contributed by atoms with Gasteiger partial charge in [0, 0.05) is 18.0 Å². The molecule has 0 fully saturated rings. The molecule has 116 valence electrons. The maximum Gasteiger partial charge on any atom is 0.239 e. The third kappa shape index (κ3) is 6.22. The van der Waals surface area contributed by atoms with E-state index in [1.54, 1.807) is 18.3 Å². The number of nitrogens with two attached hydrogens (primary N) is 1. The molecule has 6 heteroatoms. The van der Waals surface area contributed by atoms with Crippen molar-refractivity contribution in [3.05, 3.63) is 22.4 Å². The zero-order valence-electron chi connectivity index (χ0n) is 12.5. The third-order valence-electron chi connectivity index (χ3n) is 3.21. The second-order valence-electron chi connectivity index (χ2n) is 4.65. The molecule has 0 aliphatic carbocycles. The zero-order chi connectivity index (χ0) is 14.3. The van der Waals surface area contributed by atoms with Crippen LogP contribution in [0.4, 0.5) is 0 Å². The summed E-state index contributed by atoms with van der Waals surface area (Å²) in [6.45, 7) is 10.4. The van der Waals surface area contributed by atoms with Crippen LogP contribution in [-0.2, 0) is 11.3 Å². The number of likely N-dealkylation sites (N-methyl/N-ethyl adjacent to an activating group) is 1. The third-order valence-corrected chi connectivity index (χ3v) is 4.07. The number of carbonyl (C=O) groups excluding carboxylic acids is 1. The second-order valence-corrected chi connectivity index (χ2v) is 5.69. The number of nitrogens with zero attached hydrogens (tertiary/aromatic N) is 2. The van der Waals surface area contributed by atoms with Gasteiger partial charge in [0.15, 0.2) is 0 Å². The molecule has 1 heterocycles. The van der Waals surface area contributed by atoms with E-state index in [1.165, 1.54) is 4.88 Å². The van der Waals surface area contributed by atoms with Crippen LogP contribution in [0, 0.1) is 0 Å². The van der Waals surface area contributed by atoms with Crippen molar-refractivity contribution in [2.24, 2.45) is 5.73 Å². The van der Waals surface area contributed by atoms with E-state index in [9.17, 15) is 4.79 Å². The zero-order valence-corrected chi connectivity index (χ0v) is 14.2. The standard InChI is InChI=1S/C14H25N3OS.ClH/c1-4-16(5-2)8-9-17(14(18)12(3)15)11-13-7-6-10-19-13;/h6-7,10,12H,4-5,8-9,11,15H2,1-3H3;1H. The molecule has 1 unspecified atom stereocenters. The molecule has 0 spiro atoms. The van der Waals surface area contributed by atoms with Crippen LogP contribution in [-0.4, -0.2) is 47.9 Å². The molecule has 0 bridgehead atoms. The summed E-state index contributed by atoms with van der Waals surface area (Å²) in [5.41, 5.74) is 5.74. The summed E-state index contributed by atoms with van der Waals surface area (Å²) in [6.07, 6.45) is 0. The van der Waals surface area contributed by atoms with E-state index in [2.05, 4.69) is 24.8 Å². The maximum absolute atomic E-state index is 12.1. The highest BCUT2D eigenvalue weighted by atomic mass is 35.5. The number of hydrogen-bond acceptors (Lipinski definition) is 4. The molecular weight excluding hydrogens is 294 g/mol. The molecule has 2 N–H and O–H groups in total. The summed E-state index contributed by atoms with van der Waals surface area (Å²) in [5, 5.41) is 2.04. The quantitative estimate of drug-likeness (QED) is 0.799. The molecule has 0 radical (unpaired) electrons. The minimum absolute atomic E-state index is 0. The first-order valence-electron chi connectivity index (χ1n) is 6.87. The van der Waals surface area contributed by atoms with E-state index in [0.717, 1.165) is 26.2 Å². The molecule has 1 rings (SSSR count). The van der Waals surface area contributed by atoms with E-state index in [-0.39, 0.29) is 18.3 Å². The first-order valence-corrected chi connectivity index (χ1v) is 7.75. The largest absolute Gasteiger partial charge is 0.335 e. The van der Waals surface area contributed by atoms with Crippen LogP contribution in [0.2, 0.25) is 0 Å². The summed E-state index contributed by atoms with van der Waals surface area (Å²) >= 11 is 1.68. The Hall–Kier alpha value is -0.620. The number of hydrogen-bond donors (Lipinski definition) is 1. The number of thiophene rings is 1. The molecule has 0 aliphatic rings. The van der Waals surface area contributed by atoms with E-state index in [1.807, 2.05) is 16.3 Å². The molecule has 0 saturated carbocycles. The molecular formula is C14H26ClN3OS. The van der Waals surface area contributed by atoms with Crippen molar-refractivity contribution in [3.8, 4) is 0 Å². The van der Waals surface area contributed by atoms with Gasteiger partial charge < -0.3 is 15.5 Å². The summed E-state index contributed by atoms with van der Waals surface area (Å²) in [7, 11) is 0. The van der Waals surface area contributed by atoms with E-state index in [0.29, 0.717) is 6.54 Å². The van der Waals surface area contributed by atoms with Crippen molar-refractivity contribution in [1.29, 1.82) is 0 Å². The maximum atomic E-state index is 12.1. The second kappa shape index (κ2) is 10.2. The van der Waals surface area contributed by atoms with Crippen LogP contribution in [0.5, 0.6) is 0 Å². The molecule has 1 atom stereocenters. The predicted molar refractivity (Wildman–Crippen MR) is 88.4 cm³/mol. The molecule has 1 amide bonds. The first-order chi connectivity index (χ1) is 9.08. The summed E-state index contributed by atoms with van der Waals surface area (Å²) in [5.74, 6) is 0.0283. The fraction of sp³-hybridized carbons (Fsp3) is 0.643. The Morgan fingerprint density at radius 1 is 1.35 bits per heavy atom. The van der Waals surface area contributed by atoms with Crippen molar-refractivity contribution in [1.82, 2.24) is 9.80 Å². The van der Waals surface area contributed by atoms with Gasteiger partial charge in [-0.25, -0.2) is 0 Å². The minimum Gasteiger partial charge on any atom is -0.335 e. The molecule has 1 aromatic rings. The van der Waals surface area contributed by atoms with Gasteiger partial charge in [-0.3, -0.25) is 4.79 Å². The van der Waals surface area contributed by atoms with Crippen molar-refractivity contribution < 1.29 is 4.79 Å². The lowest BCUT2D eigenvalue weighted by Gasteiger charge is -2.27. The van der Waals surface area contributed by atoms with Gasteiger partial charge in [-0.05, 0) is 31.5 Å². The van der Waals surface area contributed by atoms with E-state index in [4.69, 9.17) is 5.73 Å². The van der Waals surface area contributed by atoms with Gasteiger partial charge >= 0.3 is 0 Å². The van der Waals surface area contributed by atoms with E-state index < -0.39 is 6.04 Å². The SMILES string of the molecule is CCN(CC)CCN(Cc1cccs1)C(=O)C(C)N.Cl. The minimum atomic E-state index is -0.434. The Morgan fingerprint density at radius 2 is 2.00 bits per heavy atom. The average molecular weight is 320 g/mol. The Balaban J connectivity index is 0.00000361. The molecule has 20 heavy (non-hydrogen) atoms. The molecule has 1 aromatic heterocycles. The van der Waals surface area contributed by atoms with Gasteiger partial charge in [0.25, 0.3) is 0 Å². The molecule has 0 saturated heterocycles. The number of carbonyl (C=O) groups is 1. The lowest BCUT2D eigenvalue weighted by Crippen LogP contribution is -2.44. The number of rotatable bonds is 8. The molecule has 4 nitrogen and oxygen atoms in total. The highest BCUT2D eigenvalue weighted by Crippen LogP contribution is 2.12. The first kappa shape index (κ1) is 19.4. The Morgan fingerprint density at radius 3 is 2.45 bits per heavy atom. The summed E-state index contributed by atoms with van der Waals surface area (Å²) in [4.78, 5) is 17.5. The van der Waals surface area contributed by atoms with Gasteiger partial charge in [-0.15, -0.1) is 23.7 Å². The van der Waals surface area contributed by atoms with Crippen molar-refractivity contribution in [2.75, 3.05) is 26.2 Å². The van der Waals surface area contributed by atoms with Crippen LogP contribution in [0.15, 0.2) is 17.5 Å². The highest BCUT2D eigenvalue weighted by Gasteiger charge is 2.18. The lowest BCUT2D eigenvalue weighted by atomic mass is 10.3. The van der Waals surface area contributed by atoms with Gasteiger partial charge in [0.1, 0.15) is 0 Å². The van der Waals surface area contributed by atoms with Crippen molar-refractivity contribution in [3.63, 3.8) is 0 Å². The Labute approximate surface area is 132 Å². The monoisotopic (exact) mass is 319 g/mol. The molecule has 0 aromatic carbocycles.